The van der Waals surface area contributed by atoms with Gasteiger partial charge in [-0.05, 0) is 81.2 Å². The zero-order valence-electron chi connectivity index (χ0n) is 19.9. The second kappa shape index (κ2) is 9.22. The summed E-state index contributed by atoms with van der Waals surface area (Å²) >= 11 is 5.79. The van der Waals surface area contributed by atoms with Gasteiger partial charge in [-0.15, -0.1) is 0 Å². The van der Waals surface area contributed by atoms with Crippen LogP contribution in [0.3, 0.4) is 0 Å². The fourth-order valence-corrected chi connectivity index (χ4v) is 5.46. The van der Waals surface area contributed by atoms with Gasteiger partial charge in [-0.1, -0.05) is 24.3 Å². The van der Waals surface area contributed by atoms with Crippen molar-refractivity contribution < 1.29 is 4.79 Å². The minimum Gasteiger partial charge on any atom is -0.352 e. The molecule has 6 nitrogen and oxygen atoms in total. The highest BCUT2D eigenvalue weighted by atomic mass is 32.1. The third-order valence-electron chi connectivity index (χ3n) is 6.95. The molecule has 2 aromatic heterocycles. The number of thiocarbonyl (C=S) groups is 1. The summed E-state index contributed by atoms with van der Waals surface area (Å²) in [6.07, 6.45) is 4.65. The molecule has 5 rings (SSSR count). The lowest BCUT2D eigenvalue weighted by molar-refractivity contribution is -0.116. The molecule has 0 spiro atoms. The first-order valence-corrected chi connectivity index (χ1v) is 12.4. The van der Waals surface area contributed by atoms with Crippen LogP contribution in [0.4, 0.5) is 5.69 Å². The Morgan fingerprint density at radius 3 is 2.62 bits per heavy atom. The highest BCUT2D eigenvalue weighted by molar-refractivity contribution is 7.80. The second-order valence-corrected chi connectivity index (χ2v) is 9.75. The van der Waals surface area contributed by atoms with E-state index < -0.39 is 0 Å². The SMILES string of the molecule is Cc1ccccc1NC(=O)CCN1C(=S)N[C@@H](c2ccccn2)[C@H]1c1cc(C)n(C2CC2)c1C. The van der Waals surface area contributed by atoms with Crippen LogP contribution in [0.15, 0.2) is 54.7 Å². The summed E-state index contributed by atoms with van der Waals surface area (Å²) in [6.45, 7) is 6.93. The summed E-state index contributed by atoms with van der Waals surface area (Å²) in [4.78, 5) is 19.6. The van der Waals surface area contributed by atoms with Crippen molar-refractivity contribution in [3.63, 3.8) is 0 Å². The molecule has 2 atom stereocenters. The van der Waals surface area contributed by atoms with E-state index in [1.165, 1.54) is 29.8 Å². The number of rotatable bonds is 7. The largest absolute Gasteiger partial charge is 0.352 e. The average molecular weight is 474 g/mol. The molecule has 34 heavy (non-hydrogen) atoms. The molecule has 3 heterocycles. The van der Waals surface area contributed by atoms with Gasteiger partial charge in [-0.25, -0.2) is 0 Å². The molecule has 0 radical (unpaired) electrons. The highest BCUT2D eigenvalue weighted by Gasteiger charge is 2.42. The summed E-state index contributed by atoms with van der Waals surface area (Å²) in [5.74, 6) is -0.0133. The molecule has 1 aliphatic carbocycles. The lowest BCUT2D eigenvalue weighted by atomic mass is 9.96. The van der Waals surface area contributed by atoms with Gasteiger partial charge in [0.25, 0.3) is 0 Å². The number of hydrogen-bond donors (Lipinski definition) is 2. The molecule has 1 amide bonds. The van der Waals surface area contributed by atoms with Gasteiger partial charge < -0.3 is 20.1 Å². The van der Waals surface area contributed by atoms with Crippen molar-refractivity contribution in [1.29, 1.82) is 0 Å². The van der Waals surface area contributed by atoms with Gasteiger partial charge in [0.15, 0.2) is 5.11 Å². The maximum Gasteiger partial charge on any atom is 0.226 e. The van der Waals surface area contributed by atoms with E-state index in [0.717, 1.165) is 16.9 Å². The molecule has 1 aromatic carbocycles. The Morgan fingerprint density at radius 2 is 1.91 bits per heavy atom. The Bertz CT molecular complexity index is 1220. The molecule has 1 saturated heterocycles. The van der Waals surface area contributed by atoms with Crippen LogP contribution in [0.1, 0.15) is 65.6 Å². The van der Waals surface area contributed by atoms with Gasteiger partial charge in [-0.2, -0.15) is 0 Å². The number of carbonyl (C=O) groups excluding carboxylic acids is 1. The van der Waals surface area contributed by atoms with E-state index in [1.807, 2.05) is 55.6 Å². The quantitative estimate of drug-likeness (QED) is 0.465. The normalized spacial score (nSPS) is 19.9. The monoisotopic (exact) mass is 473 g/mol. The van der Waals surface area contributed by atoms with Crippen LogP contribution in [0.5, 0.6) is 0 Å². The third kappa shape index (κ3) is 4.32. The second-order valence-electron chi connectivity index (χ2n) is 9.36. The van der Waals surface area contributed by atoms with Crippen molar-refractivity contribution in [1.82, 2.24) is 19.8 Å². The Balaban J connectivity index is 1.42. The number of carbonyl (C=O) groups is 1. The van der Waals surface area contributed by atoms with E-state index in [4.69, 9.17) is 12.2 Å². The molecule has 2 fully saturated rings. The van der Waals surface area contributed by atoms with Crippen LogP contribution in [-0.2, 0) is 4.79 Å². The van der Waals surface area contributed by atoms with E-state index in [9.17, 15) is 4.79 Å². The molecular weight excluding hydrogens is 442 g/mol. The third-order valence-corrected chi connectivity index (χ3v) is 7.30. The number of aromatic nitrogens is 2. The van der Waals surface area contributed by atoms with Crippen molar-refractivity contribution in [3.05, 3.63) is 82.9 Å². The van der Waals surface area contributed by atoms with Crippen molar-refractivity contribution in [2.45, 2.75) is 58.2 Å². The van der Waals surface area contributed by atoms with Crippen LogP contribution in [0, 0.1) is 20.8 Å². The predicted octanol–water partition coefficient (Wildman–Crippen LogP) is 5.14. The van der Waals surface area contributed by atoms with Crippen LogP contribution >= 0.6 is 12.2 Å². The number of pyridine rings is 1. The zero-order chi connectivity index (χ0) is 23.8. The average Bonchev–Trinajstić information content (AvgIpc) is 3.54. The number of nitrogens with one attached hydrogen (secondary N) is 2. The Morgan fingerprint density at radius 1 is 1.15 bits per heavy atom. The van der Waals surface area contributed by atoms with E-state index in [-0.39, 0.29) is 18.0 Å². The molecule has 0 bridgehead atoms. The number of anilines is 1. The standard InChI is InChI=1S/C27H31N5OS/c1-17-8-4-5-9-22(17)29-24(33)13-15-31-26(21-16-18(2)32(19(21)3)20-11-12-20)25(30-27(31)34)23-10-6-7-14-28-23/h4-10,14,16,20,25-26H,11-13,15H2,1-3H3,(H,29,33)(H,30,34)/t25-,26+/m0/s1. The molecule has 2 aliphatic rings. The van der Waals surface area contributed by atoms with Crippen molar-refractivity contribution >= 4 is 28.9 Å². The maximum absolute atomic E-state index is 12.8. The predicted molar refractivity (Wildman–Crippen MR) is 139 cm³/mol. The lowest BCUT2D eigenvalue weighted by Gasteiger charge is -2.28. The van der Waals surface area contributed by atoms with Crippen molar-refractivity contribution in [3.8, 4) is 0 Å². The topological polar surface area (TPSA) is 62.2 Å². The minimum absolute atomic E-state index is 0.0133. The lowest BCUT2D eigenvalue weighted by Crippen LogP contribution is -2.33. The Labute approximate surface area is 206 Å². The Kier molecular flexibility index (Phi) is 6.13. The molecular formula is C27H31N5OS. The van der Waals surface area contributed by atoms with Gasteiger partial charge in [0.1, 0.15) is 0 Å². The van der Waals surface area contributed by atoms with Gasteiger partial charge in [-0.3, -0.25) is 9.78 Å². The zero-order valence-corrected chi connectivity index (χ0v) is 20.7. The summed E-state index contributed by atoms with van der Waals surface area (Å²) < 4.78 is 2.47. The minimum atomic E-state index is -0.0683. The number of hydrogen-bond acceptors (Lipinski definition) is 3. The van der Waals surface area contributed by atoms with E-state index in [0.29, 0.717) is 24.1 Å². The van der Waals surface area contributed by atoms with Crippen molar-refractivity contribution in [2.24, 2.45) is 0 Å². The molecule has 3 aromatic rings. The van der Waals surface area contributed by atoms with Gasteiger partial charge in [0.05, 0.1) is 17.8 Å². The van der Waals surface area contributed by atoms with Crippen LogP contribution in [0.2, 0.25) is 0 Å². The van der Waals surface area contributed by atoms with E-state index in [1.54, 1.807) is 0 Å². The van der Waals surface area contributed by atoms with E-state index in [2.05, 4.69) is 45.0 Å². The number of amides is 1. The smallest absolute Gasteiger partial charge is 0.226 e. The summed E-state index contributed by atoms with van der Waals surface area (Å²) in [5, 5.41) is 7.22. The first-order valence-electron chi connectivity index (χ1n) is 12.0. The van der Waals surface area contributed by atoms with E-state index >= 15 is 0 Å². The summed E-state index contributed by atoms with van der Waals surface area (Å²) in [6, 6.07) is 16.6. The number of para-hydroxylation sites is 1. The van der Waals surface area contributed by atoms with Crippen LogP contribution in [-0.4, -0.2) is 32.0 Å². The van der Waals surface area contributed by atoms with Crippen LogP contribution < -0.4 is 10.6 Å². The highest BCUT2D eigenvalue weighted by Crippen LogP contribution is 2.44. The maximum atomic E-state index is 12.8. The molecule has 2 N–H and O–H groups in total. The van der Waals surface area contributed by atoms with Gasteiger partial charge in [0, 0.05) is 42.3 Å². The van der Waals surface area contributed by atoms with Crippen LogP contribution in [0.25, 0.3) is 0 Å². The first-order chi connectivity index (χ1) is 16.4. The molecule has 0 unspecified atom stereocenters. The number of aryl methyl sites for hydroxylation is 2. The number of nitrogens with zero attached hydrogens (tertiary/aromatic N) is 3. The molecule has 176 valence electrons. The first kappa shape index (κ1) is 22.6. The number of benzene rings is 1. The fourth-order valence-electron chi connectivity index (χ4n) is 5.13. The van der Waals surface area contributed by atoms with Gasteiger partial charge in [0.2, 0.25) is 5.91 Å². The summed E-state index contributed by atoms with van der Waals surface area (Å²) in [5.41, 5.74) is 6.68. The van der Waals surface area contributed by atoms with Gasteiger partial charge >= 0.3 is 0 Å². The fraction of sp³-hybridized carbons (Fsp3) is 0.370. The molecule has 7 heteroatoms. The summed E-state index contributed by atoms with van der Waals surface area (Å²) in [7, 11) is 0. The molecule has 1 saturated carbocycles. The Hall–Kier alpha value is -3.19. The molecule has 1 aliphatic heterocycles. The van der Waals surface area contributed by atoms with Crippen molar-refractivity contribution in [2.75, 3.05) is 11.9 Å².